The molecular formula is C16H13Cl2N5O2. The van der Waals surface area contributed by atoms with E-state index in [0.29, 0.717) is 32.6 Å². The van der Waals surface area contributed by atoms with E-state index in [-0.39, 0.29) is 6.54 Å². The van der Waals surface area contributed by atoms with Crippen LogP contribution in [-0.4, -0.2) is 23.5 Å². The highest BCUT2D eigenvalue weighted by Crippen LogP contribution is 2.24. The van der Waals surface area contributed by atoms with Crippen molar-refractivity contribution < 1.29 is 0 Å². The summed E-state index contributed by atoms with van der Waals surface area (Å²) in [7, 11) is 1.58. The Bertz CT molecular complexity index is 1240. The van der Waals surface area contributed by atoms with Crippen molar-refractivity contribution >= 4 is 40.1 Å². The number of hydrogen-bond acceptors (Lipinski definition) is 3. The Balaban J connectivity index is 2.05. The van der Waals surface area contributed by atoms with Crippen LogP contribution in [0.4, 0.5) is 0 Å². The van der Waals surface area contributed by atoms with Gasteiger partial charge in [-0.15, -0.1) is 0 Å². The highest BCUT2D eigenvalue weighted by molar-refractivity contribution is 6.35. The Labute approximate surface area is 151 Å². The van der Waals surface area contributed by atoms with Gasteiger partial charge in [0, 0.05) is 34.5 Å². The Morgan fingerprint density at radius 1 is 1.20 bits per heavy atom. The number of aromatic nitrogens is 5. The predicted octanol–water partition coefficient (Wildman–Crippen LogP) is 2.34. The van der Waals surface area contributed by atoms with Gasteiger partial charge in [-0.05, 0) is 19.1 Å². The van der Waals surface area contributed by atoms with Crippen LogP contribution in [0.15, 0.2) is 34.0 Å². The molecule has 0 fully saturated rings. The number of nitrogens with zero attached hydrogens (tertiary/aromatic N) is 4. The SMILES string of the molecule is Cc1cn2c(nc3c2c(=O)n(Cc2c(Cl)cccc2Cl)c(=O)n3C)[nH]1. The van der Waals surface area contributed by atoms with Gasteiger partial charge in [-0.25, -0.2) is 4.79 Å². The molecular weight excluding hydrogens is 365 g/mol. The van der Waals surface area contributed by atoms with Crippen molar-refractivity contribution in [3.8, 4) is 0 Å². The summed E-state index contributed by atoms with van der Waals surface area (Å²) < 4.78 is 4.11. The maximum Gasteiger partial charge on any atom is 0.332 e. The van der Waals surface area contributed by atoms with Gasteiger partial charge in [0.05, 0.1) is 6.54 Å². The highest BCUT2D eigenvalue weighted by atomic mass is 35.5. The van der Waals surface area contributed by atoms with Crippen LogP contribution in [0.2, 0.25) is 10.0 Å². The zero-order chi connectivity index (χ0) is 17.9. The number of H-pyrrole nitrogens is 1. The minimum Gasteiger partial charge on any atom is -0.328 e. The van der Waals surface area contributed by atoms with E-state index >= 15 is 0 Å². The second kappa shape index (κ2) is 5.50. The van der Waals surface area contributed by atoms with E-state index in [1.165, 1.54) is 4.57 Å². The van der Waals surface area contributed by atoms with Crippen LogP contribution in [-0.2, 0) is 13.6 Å². The first-order valence-electron chi connectivity index (χ1n) is 7.48. The average Bonchev–Trinajstić information content (AvgIpc) is 3.07. The molecule has 0 aliphatic rings. The average molecular weight is 378 g/mol. The number of nitrogens with one attached hydrogen (secondary N) is 1. The third-order valence-corrected chi connectivity index (χ3v) is 4.89. The maximum atomic E-state index is 13.0. The van der Waals surface area contributed by atoms with Crippen LogP contribution in [0.3, 0.4) is 0 Å². The number of hydrogen-bond donors (Lipinski definition) is 1. The molecule has 0 bridgehead atoms. The molecule has 0 aliphatic heterocycles. The molecule has 0 unspecified atom stereocenters. The van der Waals surface area contributed by atoms with Crippen LogP contribution >= 0.6 is 23.2 Å². The highest BCUT2D eigenvalue weighted by Gasteiger charge is 2.19. The van der Waals surface area contributed by atoms with Gasteiger partial charge in [0.1, 0.15) is 0 Å². The van der Waals surface area contributed by atoms with Crippen molar-refractivity contribution in [3.63, 3.8) is 0 Å². The lowest BCUT2D eigenvalue weighted by molar-refractivity contribution is 0.657. The summed E-state index contributed by atoms with van der Waals surface area (Å²) in [5, 5.41) is 0.801. The summed E-state index contributed by atoms with van der Waals surface area (Å²) in [6.45, 7) is 1.85. The van der Waals surface area contributed by atoms with Gasteiger partial charge in [0.25, 0.3) is 5.56 Å². The Morgan fingerprint density at radius 2 is 1.88 bits per heavy atom. The van der Waals surface area contributed by atoms with E-state index in [1.54, 1.807) is 35.8 Å². The Kier molecular flexibility index (Phi) is 3.52. The third-order valence-electron chi connectivity index (χ3n) is 4.19. The van der Waals surface area contributed by atoms with Crippen molar-refractivity contribution in [1.29, 1.82) is 0 Å². The van der Waals surface area contributed by atoms with Crippen molar-refractivity contribution in [2.45, 2.75) is 13.5 Å². The summed E-state index contributed by atoms with van der Waals surface area (Å²) in [4.78, 5) is 33.1. The summed E-state index contributed by atoms with van der Waals surface area (Å²) in [5.74, 6) is 0.508. The molecule has 0 atom stereocenters. The standard InChI is InChI=1S/C16H13Cl2N5O2/c1-8-6-22-12-13(20-15(22)19-8)21(2)16(25)23(14(12)24)7-9-10(17)4-3-5-11(9)18/h3-6H,7H2,1-2H3,(H,19,20). The first-order valence-corrected chi connectivity index (χ1v) is 8.24. The lowest BCUT2D eigenvalue weighted by atomic mass is 10.2. The van der Waals surface area contributed by atoms with E-state index in [1.807, 2.05) is 6.92 Å². The van der Waals surface area contributed by atoms with Crippen molar-refractivity contribution in [2.75, 3.05) is 0 Å². The fourth-order valence-electron chi connectivity index (χ4n) is 2.94. The minimum absolute atomic E-state index is 0.0173. The monoisotopic (exact) mass is 377 g/mol. The Hall–Kier alpha value is -2.51. The van der Waals surface area contributed by atoms with Crippen LogP contribution in [0.25, 0.3) is 16.9 Å². The first-order chi connectivity index (χ1) is 11.9. The summed E-state index contributed by atoms with van der Waals surface area (Å²) in [5.41, 5.74) is 1.10. The number of aryl methyl sites for hydroxylation is 2. The Morgan fingerprint density at radius 3 is 2.56 bits per heavy atom. The van der Waals surface area contributed by atoms with Gasteiger partial charge in [-0.1, -0.05) is 29.3 Å². The fraction of sp³-hybridized carbons (Fsp3) is 0.188. The topological polar surface area (TPSA) is 77.1 Å². The largest absolute Gasteiger partial charge is 0.332 e. The van der Waals surface area contributed by atoms with Crippen molar-refractivity contribution in [2.24, 2.45) is 7.05 Å². The molecule has 0 saturated heterocycles. The zero-order valence-electron chi connectivity index (χ0n) is 13.4. The molecule has 3 aromatic heterocycles. The second-order valence-corrected chi connectivity index (χ2v) is 6.66. The summed E-state index contributed by atoms with van der Waals surface area (Å²) >= 11 is 12.4. The number of fused-ring (bicyclic) bond motifs is 3. The molecule has 0 amide bonds. The lowest BCUT2D eigenvalue weighted by Gasteiger charge is -2.10. The van der Waals surface area contributed by atoms with Gasteiger partial charge < -0.3 is 4.98 Å². The molecule has 3 heterocycles. The van der Waals surface area contributed by atoms with Gasteiger partial charge in [-0.2, -0.15) is 4.98 Å². The molecule has 1 aromatic carbocycles. The molecule has 7 nitrogen and oxygen atoms in total. The first kappa shape index (κ1) is 16.0. The number of aromatic amines is 1. The number of imidazole rings is 2. The minimum atomic E-state index is -0.481. The van der Waals surface area contributed by atoms with E-state index < -0.39 is 11.2 Å². The molecule has 4 aromatic rings. The van der Waals surface area contributed by atoms with Crippen LogP contribution in [0.1, 0.15) is 11.3 Å². The van der Waals surface area contributed by atoms with E-state index in [9.17, 15) is 9.59 Å². The maximum absolute atomic E-state index is 13.0. The quantitative estimate of drug-likeness (QED) is 0.582. The second-order valence-electron chi connectivity index (χ2n) is 5.85. The molecule has 4 rings (SSSR count). The van der Waals surface area contributed by atoms with Crippen LogP contribution in [0.5, 0.6) is 0 Å². The van der Waals surface area contributed by atoms with E-state index in [2.05, 4.69) is 9.97 Å². The van der Waals surface area contributed by atoms with Crippen LogP contribution < -0.4 is 11.2 Å². The van der Waals surface area contributed by atoms with Gasteiger partial charge in [0.15, 0.2) is 11.2 Å². The number of halogens is 2. The van der Waals surface area contributed by atoms with Gasteiger partial charge in [0.2, 0.25) is 5.78 Å². The van der Waals surface area contributed by atoms with Gasteiger partial charge >= 0.3 is 5.69 Å². The molecule has 9 heteroatoms. The van der Waals surface area contributed by atoms with Gasteiger partial charge in [-0.3, -0.25) is 18.3 Å². The smallest absolute Gasteiger partial charge is 0.328 e. The van der Waals surface area contributed by atoms with Crippen molar-refractivity contribution in [3.05, 3.63) is 66.5 Å². The summed E-state index contributed by atoms with van der Waals surface area (Å²) in [6.07, 6.45) is 1.77. The summed E-state index contributed by atoms with van der Waals surface area (Å²) in [6, 6.07) is 5.05. The third kappa shape index (κ3) is 2.31. The molecule has 1 N–H and O–H groups in total. The fourth-order valence-corrected chi connectivity index (χ4v) is 3.45. The lowest BCUT2D eigenvalue weighted by Crippen LogP contribution is -2.39. The zero-order valence-corrected chi connectivity index (χ0v) is 14.9. The molecule has 0 spiro atoms. The molecule has 0 radical (unpaired) electrons. The van der Waals surface area contributed by atoms with Crippen LogP contribution in [0, 0.1) is 6.92 Å². The predicted molar refractivity (Wildman–Crippen MR) is 96.9 cm³/mol. The number of benzene rings is 1. The van der Waals surface area contributed by atoms with Crippen molar-refractivity contribution in [1.82, 2.24) is 23.5 Å². The van der Waals surface area contributed by atoms with E-state index in [0.717, 1.165) is 10.3 Å². The molecule has 0 saturated carbocycles. The number of rotatable bonds is 2. The normalized spacial score (nSPS) is 11.7. The molecule has 128 valence electrons. The van der Waals surface area contributed by atoms with E-state index in [4.69, 9.17) is 23.2 Å². The molecule has 25 heavy (non-hydrogen) atoms. The molecule has 0 aliphatic carbocycles.